The Balaban J connectivity index is 1.56. The largest absolute Gasteiger partial charge is 0.497 e. The average molecular weight is 421 g/mol. The van der Waals surface area contributed by atoms with Gasteiger partial charge >= 0.3 is 0 Å². The summed E-state index contributed by atoms with van der Waals surface area (Å²) in [5.41, 5.74) is 2.23. The van der Waals surface area contributed by atoms with E-state index in [1.165, 1.54) is 13.3 Å². The van der Waals surface area contributed by atoms with Crippen molar-refractivity contribution in [1.29, 1.82) is 0 Å². The minimum Gasteiger partial charge on any atom is -0.497 e. The Kier molecular flexibility index (Phi) is 5.83. The minimum atomic E-state index is -0.276. The third-order valence-electron chi connectivity index (χ3n) is 5.20. The molecule has 0 aliphatic carbocycles. The third kappa shape index (κ3) is 4.20. The Morgan fingerprint density at radius 1 is 1.00 bits per heavy atom. The molecule has 0 fully saturated rings. The number of methoxy groups -OCH3 is 2. The van der Waals surface area contributed by atoms with Crippen LogP contribution in [0.15, 0.2) is 48.9 Å². The highest BCUT2D eigenvalue weighted by Gasteiger charge is 2.27. The maximum Gasteiger partial charge on any atom is 0.259 e. The molecule has 160 valence electrons. The summed E-state index contributed by atoms with van der Waals surface area (Å²) in [6.07, 6.45) is 5.36. The Hall–Kier alpha value is -3.88. The molecule has 0 unspecified atom stereocenters. The summed E-state index contributed by atoms with van der Waals surface area (Å²) >= 11 is 0. The van der Waals surface area contributed by atoms with Gasteiger partial charge in [-0.1, -0.05) is 0 Å². The molecule has 3 aromatic rings. The highest BCUT2D eigenvalue weighted by atomic mass is 16.5. The van der Waals surface area contributed by atoms with Crippen LogP contribution in [0.5, 0.6) is 11.5 Å². The van der Waals surface area contributed by atoms with Crippen molar-refractivity contribution in [1.82, 2.24) is 19.7 Å². The molecule has 9 nitrogen and oxygen atoms in total. The summed E-state index contributed by atoms with van der Waals surface area (Å²) in [4.78, 5) is 31.8. The molecule has 0 radical (unpaired) electrons. The summed E-state index contributed by atoms with van der Waals surface area (Å²) in [5, 5.41) is 7.25. The molecule has 1 aliphatic rings. The van der Waals surface area contributed by atoms with E-state index >= 15 is 0 Å². The fraction of sp³-hybridized carbons (Fsp3) is 0.273. The van der Waals surface area contributed by atoms with Crippen LogP contribution >= 0.6 is 0 Å². The average Bonchev–Trinajstić information content (AvgIpc) is 3.09. The minimum absolute atomic E-state index is 0.171. The molecule has 3 heterocycles. The second-order valence-corrected chi connectivity index (χ2v) is 7.07. The van der Waals surface area contributed by atoms with Crippen molar-refractivity contribution in [2.24, 2.45) is 0 Å². The topological polar surface area (TPSA) is 98.6 Å². The number of hydrogen-bond acceptors (Lipinski definition) is 6. The molecule has 9 heteroatoms. The number of amides is 2. The summed E-state index contributed by atoms with van der Waals surface area (Å²) in [6, 6.07) is 8.73. The zero-order chi connectivity index (χ0) is 21.8. The molecule has 0 spiro atoms. The predicted octanol–water partition coefficient (Wildman–Crippen LogP) is 2.59. The van der Waals surface area contributed by atoms with E-state index in [1.54, 1.807) is 59.4 Å². The number of nitrogens with zero attached hydrogens (tertiary/aromatic N) is 4. The van der Waals surface area contributed by atoms with Crippen LogP contribution in [-0.2, 0) is 13.1 Å². The standard InChI is InChI=1S/C22H23N5O4/c1-30-16-6-4-15(5-7-16)25-21(28)18-12-24-27-11-3-10-26(14-19(18)27)22(29)17-8-9-23-13-20(17)31-2/h4-9,12-13H,3,10-11,14H2,1-2H3,(H,25,28). The molecule has 0 saturated heterocycles. The van der Waals surface area contributed by atoms with Crippen molar-refractivity contribution in [3.05, 3.63) is 65.7 Å². The van der Waals surface area contributed by atoms with Gasteiger partial charge in [-0.15, -0.1) is 0 Å². The number of hydrogen-bond donors (Lipinski definition) is 1. The maximum atomic E-state index is 13.2. The molecule has 1 N–H and O–H groups in total. The fourth-order valence-corrected chi connectivity index (χ4v) is 3.57. The van der Waals surface area contributed by atoms with E-state index in [-0.39, 0.29) is 18.4 Å². The zero-order valence-electron chi connectivity index (χ0n) is 17.4. The van der Waals surface area contributed by atoms with Crippen molar-refractivity contribution in [3.63, 3.8) is 0 Å². The lowest BCUT2D eigenvalue weighted by molar-refractivity contribution is 0.0740. The molecule has 1 aromatic carbocycles. The van der Waals surface area contributed by atoms with Crippen LogP contribution < -0.4 is 14.8 Å². The second kappa shape index (κ2) is 8.86. The van der Waals surface area contributed by atoms with Crippen LogP contribution in [0.25, 0.3) is 0 Å². The predicted molar refractivity (Wildman–Crippen MR) is 113 cm³/mol. The van der Waals surface area contributed by atoms with Crippen LogP contribution in [0.4, 0.5) is 5.69 Å². The van der Waals surface area contributed by atoms with Gasteiger partial charge < -0.3 is 19.7 Å². The van der Waals surface area contributed by atoms with E-state index in [4.69, 9.17) is 9.47 Å². The molecule has 0 atom stereocenters. The normalized spacial score (nSPS) is 13.2. The Morgan fingerprint density at radius 2 is 1.81 bits per heavy atom. The summed E-state index contributed by atoms with van der Waals surface area (Å²) < 4.78 is 12.2. The lowest BCUT2D eigenvalue weighted by Crippen LogP contribution is -2.31. The second-order valence-electron chi connectivity index (χ2n) is 7.07. The molecule has 4 rings (SSSR count). The van der Waals surface area contributed by atoms with E-state index < -0.39 is 0 Å². The van der Waals surface area contributed by atoms with Gasteiger partial charge in [0.05, 0.1) is 50.0 Å². The first kappa shape index (κ1) is 20.4. The SMILES string of the molecule is COc1ccc(NC(=O)c2cnn3c2CN(C(=O)c2ccncc2OC)CCC3)cc1. The number of nitrogens with one attached hydrogen (secondary N) is 1. The smallest absolute Gasteiger partial charge is 0.259 e. The summed E-state index contributed by atoms with van der Waals surface area (Å²) in [7, 11) is 3.09. The molecular weight excluding hydrogens is 398 g/mol. The number of benzene rings is 1. The van der Waals surface area contributed by atoms with Crippen LogP contribution in [0.2, 0.25) is 0 Å². The molecule has 0 saturated carbocycles. The van der Waals surface area contributed by atoms with Crippen LogP contribution in [0.3, 0.4) is 0 Å². The van der Waals surface area contributed by atoms with Gasteiger partial charge in [-0.2, -0.15) is 5.10 Å². The fourth-order valence-electron chi connectivity index (χ4n) is 3.57. The number of aryl methyl sites for hydroxylation is 1. The van der Waals surface area contributed by atoms with E-state index in [1.807, 2.05) is 0 Å². The van der Waals surface area contributed by atoms with Gasteiger partial charge in [-0.25, -0.2) is 0 Å². The zero-order valence-corrected chi connectivity index (χ0v) is 17.4. The first-order valence-electron chi connectivity index (χ1n) is 9.88. The monoisotopic (exact) mass is 421 g/mol. The Morgan fingerprint density at radius 3 is 2.55 bits per heavy atom. The number of rotatable bonds is 5. The van der Waals surface area contributed by atoms with Crippen molar-refractivity contribution >= 4 is 17.5 Å². The first-order valence-corrected chi connectivity index (χ1v) is 9.88. The number of carbonyl (C=O) groups is 2. The highest BCUT2D eigenvalue weighted by Crippen LogP contribution is 2.23. The number of ether oxygens (including phenoxy) is 2. The highest BCUT2D eigenvalue weighted by molar-refractivity contribution is 6.05. The number of aromatic nitrogens is 3. The summed E-state index contributed by atoms with van der Waals surface area (Å²) in [5.74, 6) is 0.679. The van der Waals surface area contributed by atoms with Crippen LogP contribution in [0.1, 0.15) is 32.8 Å². The van der Waals surface area contributed by atoms with Gasteiger partial charge in [0.25, 0.3) is 11.8 Å². The molecule has 0 bridgehead atoms. The van der Waals surface area contributed by atoms with E-state index in [0.29, 0.717) is 47.1 Å². The summed E-state index contributed by atoms with van der Waals surface area (Å²) in [6.45, 7) is 1.45. The molecule has 2 aromatic heterocycles. The molecule has 1 aliphatic heterocycles. The Bertz CT molecular complexity index is 1090. The number of fused-ring (bicyclic) bond motifs is 1. The maximum absolute atomic E-state index is 13.2. The van der Waals surface area contributed by atoms with E-state index in [2.05, 4.69) is 15.4 Å². The number of anilines is 1. The first-order chi connectivity index (χ1) is 15.1. The molecule has 2 amide bonds. The van der Waals surface area contributed by atoms with Crippen LogP contribution in [0, 0.1) is 0 Å². The lowest BCUT2D eigenvalue weighted by atomic mass is 10.1. The molecule has 31 heavy (non-hydrogen) atoms. The van der Waals surface area contributed by atoms with Gasteiger partial charge in [0.1, 0.15) is 11.5 Å². The third-order valence-corrected chi connectivity index (χ3v) is 5.20. The van der Waals surface area contributed by atoms with Gasteiger partial charge in [-0.3, -0.25) is 19.3 Å². The van der Waals surface area contributed by atoms with Gasteiger partial charge in [-0.05, 0) is 36.8 Å². The Labute approximate surface area is 179 Å². The van der Waals surface area contributed by atoms with Gasteiger partial charge in [0.15, 0.2) is 0 Å². The van der Waals surface area contributed by atoms with Crippen LogP contribution in [-0.4, -0.2) is 52.2 Å². The van der Waals surface area contributed by atoms with E-state index in [0.717, 1.165) is 6.42 Å². The van der Waals surface area contributed by atoms with Crippen molar-refractivity contribution in [2.75, 3.05) is 26.1 Å². The van der Waals surface area contributed by atoms with Gasteiger partial charge in [0.2, 0.25) is 0 Å². The van der Waals surface area contributed by atoms with Crippen molar-refractivity contribution in [2.45, 2.75) is 19.5 Å². The lowest BCUT2D eigenvalue weighted by Gasteiger charge is -2.21. The van der Waals surface area contributed by atoms with E-state index in [9.17, 15) is 9.59 Å². The van der Waals surface area contributed by atoms with Crippen molar-refractivity contribution in [3.8, 4) is 11.5 Å². The number of carbonyl (C=O) groups excluding carboxylic acids is 2. The van der Waals surface area contributed by atoms with Crippen molar-refractivity contribution < 1.29 is 19.1 Å². The quantitative estimate of drug-likeness (QED) is 0.680. The number of pyridine rings is 1. The van der Waals surface area contributed by atoms with Gasteiger partial charge in [0, 0.05) is 25.0 Å². The molecular formula is C22H23N5O4.